The fourth-order valence-corrected chi connectivity index (χ4v) is 2.88. The van der Waals surface area contributed by atoms with Crippen molar-refractivity contribution in [3.63, 3.8) is 0 Å². The Hall–Kier alpha value is -1.88. The van der Waals surface area contributed by atoms with Gasteiger partial charge in [-0.05, 0) is 16.5 Å². The van der Waals surface area contributed by atoms with E-state index < -0.39 is 23.2 Å². The summed E-state index contributed by atoms with van der Waals surface area (Å²) in [6.45, 7) is 4.55. The Kier molecular flexibility index (Phi) is 4.32. The van der Waals surface area contributed by atoms with E-state index in [1.54, 1.807) is 7.11 Å². The van der Waals surface area contributed by atoms with Crippen LogP contribution in [0.3, 0.4) is 0 Å². The molecule has 1 aliphatic carbocycles. The lowest BCUT2D eigenvalue weighted by Gasteiger charge is -2.08. The molecule has 5 heteroatoms. The SMILES string of the molecule is COCc1cccc(CNC(=O)[C@H]2[C@@H](C(=O)O)C2(C)C)c1. The van der Waals surface area contributed by atoms with E-state index in [-0.39, 0.29) is 5.91 Å². The van der Waals surface area contributed by atoms with E-state index in [1.807, 2.05) is 38.1 Å². The van der Waals surface area contributed by atoms with Crippen LogP contribution >= 0.6 is 0 Å². The van der Waals surface area contributed by atoms with Gasteiger partial charge in [0.15, 0.2) is 0 Å². The molecule has 1 aromatic carbocycles. The summed E-state index contributed by atoms with van der Waals surface area (Å²) in [6.07, 6.45) is 0. The lowest BCUT2D eigenvalue weighted by Crippen LogP contribution is -2.26. The number of benzene rings is 1. The summed E-state index contributed by atoms with van der Waals surface area (Å²) in [4.78, 5) is 23.2. The minimum absolute atomic E-state index is 0.190. The Morgan fingerprint density at radius 3 is 2.52 bits per heavy atom. The van der Waals surface area contributed by atoms with E-state index in [1.165, 1.54) is 0 Å². The smallest absolute Gasteiger partial charge is 0.307 e. The number of rotatable bonds is 6. The minimum Gasteiger partial charge on any atom is -0.481 e. The van der Waals surface area contributed by atoms with Crippen molar-refractivity contribution >= 4 is 11.9 Å². The maximum absolute atomic E-state index is 12.1. The molecule has 0 unspecified atom stereocenters. The number of carbonyl (C=O) groups is 2. The van der Waals surface area contributed by atoms with Gasteiger partial charge in [-0.2, -0.15) is 0 Å². The van der Waals surface area contributed by atoms with E-state index >= 15 is 0 Å². The highest BCUT2D eigenvalue weighted by Crippen LogP contribution is 2.58. The molecular formula is C16H21NO4. The number of hydrogen-bond acceptors (Lipinski definition) is 3. The van der Waals surface area contributed by atoms with Crippen molar-refractivity contribution < 1.29 is 19.4 Å². The Bertz CT molecular complexity index is 553. The van der Waals surface area contributed by atoms with Gasteiger partial charge in [-0.1, -0.05) is 38.1 Å². The van der Waals surface area contributed by atoms with E-state index in [9.17, 15) is 9.59 Å². The van der Waals surface area contributed by atoms with Gasteiger partial charge in [0.25, 0.3) is 0 Å². The number of nitrogens with one attached hydrogen (secondary N) is 1. The molecule has 5 nitrogen and oxygen atoms in total. The molecule has 1 saturated carbocycles. The summed E-state index contributed by atoms with van der Waals surface area (Å²) in [5.74, 6) is -2.12. The summed E-state index contributed by atoms with van der Waals surface area (Å²) < 4.78 is 5.07. The molecule has 21 heavy (non-hydrogen) atoms. The lowest BCUT2D eigenvalue weighted by molar-refractivity contribution is -0.140. The first-order chi connectivity index (χ1) is 9.87. The van der Waals surface area contributed by atoms with Crippen LogP contribution in [0, 0.1) is 17.3 Å². The summed E-state index contributed by atoms with van der Waals surface area (Å²) in [5, 5.41) is 11.9. The predicted molar refractivity (Wildman–Crippen MR) is 77.4 cm³/mol. The molecule has 0 aromatic heterocycles. The fourth-order valence-electron chi connectivity index (χ4n) is 2.88. The second-order valence-electron chi connectivity index (χ2n) is 6.09. The maximum Gasteiger partial charge on any atom is 0.307 e. The number of carboxylic acid groups (broad SMARTS) is 1. The molecule has 0 spiro atoms. The number of hydrogen-bond donors (Lipinski definition) is 2. The van der Waals surface area contributed by atoms with Crippen molar-refractivity contribution in [1.29, 1.82) is 0 Å². The van der Waals surface area contributed by atoms with Crippen molar-refractivity contribution in [3.05, 3.63) is 35.4 Å². The van der Waals surface area contributed by atoms with E-state index in [2.05, 4.69) is 5.32 Å². The zero-order valence-electron chi connectivity index (χ0n) is 12.6. The minimum atomic E-state index is -0.901. The van der Waals surface area contributed by atoms with Crippen LogP contribution < -0.4 is 5.32 Å². The molecule has 1 aromatic rings. The normalized spacial score (nSPS) is 22.6. The quantitative estimate of drug-likeness (QED) is 0.838. The highest BCUT2D eigenvalue weighted by molar-refractivity contribution is 5.91. The number of aliphatic carboxylic acids is 1. The molecule has 1 aliphatic rings. The average molecular weight is 291 g/mol. The molecule has 0 aliphatic heterocycles. The summed E-state index contributed by atoms with van der Waals surface area (Å²) in [6, 6.07) is 7.76. The highest BCUT2D eigenvalue weighted by Gasteiger charge is 2.65. The number of ether oxygens (including phenoxy) is 1. The van der Waals surface area contributed by atoms with Crippen LogP contribution in [0.4, 0.5) is 0 Å². The van der Waals surface area contributed by atoms with Crippen molar-refractivity contribution in [1.82, 2.24) is 5.32 Å². The zero-order chi connectivity index (χ0) is 15.6. The number of amides is 1. The van der Waals surface area contributed by atoms with Crippen LogP contribution in [0.2, 0.25) is 0 Å². The molecule has 0 bridgehead atoms. The number of methoxy groups -OCH3 is 1. The van der Waals surface area contributed by atoms with E-state index in [0.29, 0.717) is 13.2 Å². The number of carbonyl (C=O) groups excluding carboxylic acids is 1. The van der Waals surface area contributed by atoms with Gasteiger partial charge in [0.1, 0.15) is 0 Å². The third kappa shape index (κ3) is 3.24. The molecule has 0 heterocycles. The van der Waals surface area contributed by atoms with Crippen LogP contribution in [0.25, 0.3) is 0 Å². The van der Waals surface area contributed by atoms with Crippen molar-refractivity contribution in [2.45, 2.75) is 27.0 Å². The molecule has 0 radical (unpaired) electrons. The predicted octanol–water partition coefficient (Wildman–Crippen LogP) is 1.81. The van der Waals surface area contributed by atoms with Crippen molar-refractivity contribution in [2.75, 3.05) is 7.11 Å². The van der Waals surface area contributed by atoms with Crippen LogP contribution in [0.1, 0.15) is 25.0 Å². The van der Waals surface area contributed by atoms with Gasteiger partial charge in [-0.3, -0.25) is 9.59 Å². The highest BCUT2D eigenvalue weighted by atomic mass is 16.5. The first-order valence-electron chi connectivity index (χ1n) is 6.95. The Morgan fingerprint density at radius 2 is 1.95 bits per heavy atom. The summed E-state index contributed by atoms with van der Waals surface area (Å²) in [5.41, 5.74) is 1.55. The molecule has 1 fully saturated rings. The van der Waals surface area contributed by atoms with Gasteiger partial charge >= 0.3 is 5.97 Å². The Morgan fingerprint density at radius 1 is 1.29 bits per heavy atom. The van der Waals surface area contributed by atoms with Gasteiger partial charge in [0.05, 0.1) is 18.4 Å². The van der Waals surface area contributed by atoms with Crippen LogP contribution in [-0.2, 0) is 27.5 Å². The molecule has 2 atom stereocenters. The van der Waals surface area contributed by atoms with Crippen molar-refractivity contribution in [3.8, 4) is 0 Å². The third-order valence-electron chi connectivity index (χ3n) is 4.15. The summed E-state index contributed by atoms with van der Waals surface area (Å²) in [7, 11) is 1.63. The second kappa shape index (κ2) is 5.85. The first kappa shape index (κ1) is 15.5. The van der Waals surface area contributed by atoms with Gasteiger partial charge in [-0.25, -0.2) is 0 Å². The first-order valence-corrected chi connectivity index (χ1v) is 6.95. The molecule has 2 rings (SSSR count). The van der Waals surface area contributed by atoms with Gasteiger partial charge < -0.3 is 15.2 Å². The largest absolute Gasteiger partial charge is 0.481 e. The van der Waals surface area contributed by atoms with Crippen LogP contribution in [0.5, 0.6) is 0 Å². The van der Waals surface area contributed by atoms with E-state index in [4.69, 9.17) is 9.84 Å². The summed E-state index contributed by atoms with van der Waals surface area (Å²) >= 11 is 0. The molecule has 2 N–H and O–H groups in total. The second-order valence-corrected chi connectivity index (χ2v) is 6.09. The van der Waals surface area contributed by atoms with Crippen molar-refractivity contribution in [2.24, 2.45) is 17.3 Å². The topological polar surface area (TPSA) is 75.6 Å². The Labute approximate surface area is 124 Å². The van der Waals surface area contributed by atoms with Gasteiger partial charge in [-0.15, -0.1) is 0 Å². The van der Waals surface area contributed by atoms with Gasteiger partial charge in [0, 0.05) is 13.7 Å². The zero-order valence-corrected chi connectivity index (χ0v) is 12.6. The van der Waals surface area contributed by atoms with Crippen LogP contribution in [0.15, 0.2) is 24.3 Å². The van der Waals surface area contributed by atoms with Crippen LogP contribution in [-0.4, -0.2) is 24.1 Å². The third-order valence-corrected chi connectivity index (χ3v) is 4.15. The monoisotopic (exact) mass is 291 g/mol. The molecule has 0 saturated heterocycles. The fraction of sp³-hybridized carbons (Fsp3) is 0.500. The molecule has 1 amide bonds. The average Bonchev–Trinajstić information content (AvgIpc) is 3.00. The Balaban J connectivity index is 1.93. The standard InChI is InChI=1S/C16H21NO4/c1-16(2)12(13(16)15(19)20)14(18)17-8-10-5-4-6-11(7-10)9-21-3/h4-7,12-13H,8-9H2,1-3H3,(H,17,18)(H,19,20)/t12-,13+/m1/s1. The lowest BCUT2D eigenvalue weighted by atomic mass is 10.1. The maximum atomic E-state index is 12.1. The number of carboxylic acids is 1. The molecular weight excluding hydrogens is 270 g/mol. The molecule has 114 valence electrons. The van der Waals surface area contributed by atoms with Gasteiger partial charge in [0.2, 0.25) is 5.91 Å². The van der Waals surface area contributed by atoms with E-state index in [0.717, 1.165) is 11.1 Å².